The molecule has 1 aromatic heterocycles. The van der Waals surface area contributed by atoms with E-state index in [2.05, 4.69) is 16.8 Å². The van der Waals surface area contributed by atoms with Gasteiger partial charge in [0.05, 0.1) is 5.56 Å². The normalized spacial score (nSPS) is 20.4. The van der Waals surface area contributed by atoms with Crippen LogP contribution in [0.2, 0.25) is 0 Å². The van der Waals surface area contributed by atoms with Crippen molar-refractivity contribution in [2.45, 2.75) is 19.1 Å². The van der Waals surface area contributed by atoms with E-state index in [9.17, 15) is 0 Å². The zero-order valence-corrected chi connectivity index (χ0v) is 11.0. The lowest BCUT2D eigenvalue weighted by molar-refractivity contribution is 0.768. The van der Waals surface area contributed by atoms with Crippen LogP contribution in [0.15, 0.2) is 12.3 Å². The minimum absolute atomic E-state index is 0.108. The van der Waals surface area contributed by atoms with Crippen molar-refractivity contribution in [3.05, 3.63) is 23.4 Å². The van der Waals surface area contributed by atoms with Gasteiger partial charge in [-0.2, -0.15) is 11.8 Å². The van der Waals surface area contributed by atoms with Gasteiger partial charge in [-0.1, -0.05) is 6.92 Å². The standard InChI is InChI=1S/C12H18N4S/c1-8-3-4-15-12(10(8)11(13)14)16-5-6-17-9(2)7-16/h3-4,9H,5-7H2,1-2H3,(H3,13,14). The van der Waals surface area contributed by atoms with Crippen molar-refractivity contribution < 1.29 is 0 Å². The molecule has 4 nitrogen and oxygen atoms in total. The number of amidine groups is 1. The minimum Gasteiger partial charge on any atom is -0.384 e. The van der Waals surface area contributed by atoms with Crippen LogP contribution in [0.3, 0.4) is 0 Å². The van der Waals surface area contributed by atoms with E-state index in [-0.39, 0.29) is 5.84 Å². The lowest BCUT2D eigenvalue weighted by Crippen LogP contribution is -2.38. The molecule has 17 heavy (non-hydrogen) atoms. The summed E-state index contributed by atoms with van der Waals surface area (Å²) >= 11 is 1.98. The molecule has 1 unspecified atom stereocenters. The van der Waals surface area contributed by atoms with Gasteiger partial charge in [0.1, 0.15) is 11.7 Å². The quantitative estimate of drug-likeness (QED) is 0.618. The summed E-state index contributed by atoms with van der Waals surface area (Å²) in [6.07, 6.45) is 1.80. The summed E-state index contributed by atoms with van der Waals surface area (Å²) in [7, 11) is 0. The van der Waals surface area contributed by atoms with Crippen molar-refractivity contribution in [2.24, 2.45) is 5.73 Å². The van der Waals surface area contributed by atoms with Gasteiger partial charge in [-0.05, 0) is 18.6 Å². The molecular weight excluding hydrogens is 232 g/mol. The number of anilines is 1. The molecule has 1 aliphatic rings. The maximum absolute atomic E-state index is 7.69. The Morgan fingerprint density at radius 3 is 3.06 bits per heavy atom. The highest BCUT2D eigenvalue weighted by molar-refractivity contribution is 8.00. The Morgan fingerprint density at radius 2 is 2.41 bits per heavy atom. The second-order valence-corrected chi connectivity index (χ2v) is 5.91. The van der Waals surface area contributed by atoms with Gasteiger partial charge >= 0.3 is 0 Å². The van der Waals surface area contributed by atoms with Crippen LogP contribution in [0.25, 0.3) is 0 Å². The number of aryl methyl sites for hydroxylation is 1. The predicted molar refractivity (Wildman–Crippen MR) is 74.1 cm³/mol. The van der Waals surface area contributed by atoms with Crippen molar-refractivity contribution in [3.8, 4) is 0 Å². The Kier molecular flexibility index (Phi) is 3.57. The molecule has 1 saturated heterocycles. The number of nitrogens with zero attached hydrogens (tertiary/aromatic N) is 2. The zero-order chi connectivity index (χ0) is 12.4. The van der Waals surface area contributed by atoms with Crippen molar-refractivity contribution >= 4 is 23.4 Å². The fraction of sp³-hybridized carbons (Fsp3) is 0.500. The molecule has 2 rings (SSSR count). The van der Waals surface area contributed by atoms with Crippen LogP contribution in [-0.4, -0.2) is 34.9 Å². The summed E-state index contributed by atoms with van der Waals surface area (Å²) < 4.78 is 0. The van der Waals surface area contributed by atoms with E-state index in [1.165, 1.54) is 0 Å². The minimum atomic E-state index is 0.108. The number of hydrogen-bond acceptors (Lipinski definition) is 4. The van der Waals surface area contributed by atoms with Gasteiger partial charge in [0.25, 0.3) is 0 Å². The van der Waals surface area contributed by atoms with Crippen LogP contribution in [0, 0.1) is 12.3 Å². The van der Waals surface area contributed by atoms with E-state index >= 15 is 0 Å². The molecule has 92 valence electrons. The molecule has 0 aliphatic carbocycles. The molecule has 0 aromatic carbocycles. The summed E-state index contributed by atoms with van der Waals surface area (Å²) in [5.41, 5.74) is 7.47. The third kappa shape index (κ3) is 2.54. The molecule has 0 radical (unpaired) electrons. The smallest absolute Gasteiger partial charge is 0.139 e. The van der Waals surface area contributed by atoms with Crippen LogP contribution in [0.1, 0.15) is 18.1 Å². The summed E-state index contributed by atoms with van der Waals surface area (Å²) in [6.45, 7) is 6.15. The summed E-state index contributed by atoms with van der Waals surface area (Å²) in [5.74, 6) is 2.08. The number of thioether (sulfide) groups is 1. The SMILES string of the molecule is Cc1ccnc(N2CCSC(C)C2)c1C(=N)N. The maximum atomic E-state index is 7.69. The Morgan fingerprint density at radius 1 is 1.65 bits per heavy atom. The number of hydrogen-bond donors (Lipinski definition) is 2. The van der Waals surface area contributed by atoms with Gasteiger partial charge < -0.3 is 10.6 Å². The molecule has 1 atom stereocenters. The predicted octanol–water partition coefficient (Wildman–Crippen LogP) is 1.62. The molecule has 5 heteroatoms. The first kappa shape index (κ1) is 12.2. The highest BCUT2D eigenvalue weighted by Crippen LogP contribution is 2.26. The van der Waals surface area contributed by atoms with Crippen LogP contribution >= 0.6 is 11.8 Å². The second kappa shape index (κ2) is 4.96. The van der Waals surface area contributed by atoms with Crippen molar-refractivity contribution in [1.29, 1.82) is 5.41 Å². The lowest BCUT2D eigenvalue weighted by Gasteiger charge is -2.32. The number of nitrogens with one attached hydrogen (secondary N) is 1. The van der Waals surface area contributed by atoms with Gasteiger partial charge in [0, 0.05) is 30.3 Å². The summed E-state index contributed by atoms with van der Waals surface area (Å²) in [4.78, 5) is 6.66. The fourth-order valence-corrected chi connectivity index (χ4v) is 3.14. The van der Waals surface area contributed by atoms with Gasteiger partial charge in [0.2, 0.25) is 0 Å². The third-order valence-electron chi connectivity index (χ3n) is 2.95. The molecule has 1 fully saturated rings. The van der Waals surface area contributed by atoms with Crippen molar-refractivity contribution in [2.75, 3.05) is 23.7 Å². The molecule has 2 heterocycles. The number of pyridine rings is 1. The van der Waals surface area contributed by atoms with Crippen molar-refractivity contribution in [1.82, 2.24) is 4.98 Å². The van der Waals surface area contributed by atoms with Crippen LogP contribution in [0.5, 0.6) is 0 Å². The van der Waals surface area contributed by atoms with Crippen LogP contribution in [-0.2, 0) is 0 Å². The topological polar surface area (TPSA) is 66.0 Å². The Hall–Kier alpha value is -1.23. The van der Waals surface area contributed by atoms with E-state index in [0.717, 1.165) is 35.8 Å². The first-order valence-electron chi connectivity index (χ1n) is 5.76. The van der Waals surface area contributed by atoms with Gasteiger partial charge in [-0.15, -0.1) is 0 Å². The molecule has 1 aliphatic heterocycles. The highest BCUT2D eigenvalue weighted by Gasteiger charge is 2.21. The largest absolute Gasteiger partial charge is 0.384 e. The highest BCUT2D eigenvalue weighted by atomic mass is 32.2. The summed E-state index contributed by atoms with van der Waals surface area (Å²) in [6, 6.07) is 1.91. The maximum Gasteiger partial charge on any atom is 0.139 e. The monoisotopic (exact) mass is 250 g/mol. The first-order valence-corrected chi connectivity index (χ1v) is 6.81. The molecule has 0 bridgehead atoms. The van der Waals surface area contributed by atoms with E-state index < -0.39 is 0 Å². The molecule has 0 amide bonds. The van der Waals surface area contributed by atoms with Gasteiger partial charge in [-0.25, -0.2) is 4.98 Å². The number of nitrogens with two attached hydrogens (primary N) is 1. The molecule has 1 aromatic rings. The first-order chi connectivity index (χ1) is 8.09. The van der Waals surface area contributed by atoms with Crippen molar-refractivity contribution in [3.63, 3.8) is 0 Å². The molecule has 3 N–H and O–H groups in total. The Labute approximate surface area is 106 Å². The van der Waals surface area contributed by atoms with E-state index in [1.54, 1.807) is 6.20 Å². The Bertz CT molecular complexity index is 433. The lowest BCUT2D eigenvalue weighted by atomic mass is 10.1. The molecule has 0 saturated carbocycles. The zero-order valence-electron chi connectivity index (χ0n) is 10.2. The van der Waals surface area contributed by atoms with Gasteiger partial charge in [-0.3, -0.25) is 5.41 Å². The fourth-order valence-electron chi connectivity index (χ4n) is 2.13. The number of aromatic nitrogens is 1. The number of rotatable bonds is 2. The van der Waals surface area contributed by atoms with Gasteiger partial charge in [0.15, 0.2) is 0 Å². The van der Waals surface area contributed by atoms with Crippen LogP contribution in [0.4, 0.5) is 5.82 Å². The van der Waals surface area contributed by atoms with Crippen LogP contribution < -0.4 is 10.6 Å². The second-order valence-electron chi connectivity index (χ2n) is 4.37. The average molecular weight is 250 g/mol. The molecular formula is C12H18N4S. The third-order valence-corrected chi connectivity index (χ3v) is 4.09. The van der Waals surface area contributed by atoms with E-state index in [1.807, 2.05) is 24.8 Å². The summed E-state index contributed by atoms with van der Waals surface area (Å²) in [5, 5.41) is 8.29. The average Bonchev–Trinajstić information content (AvgIpc) is 2.28. The van der Waals surface area contributed by atoms with E-state index in [0.29, 0.717) is 5.25 Å². The number of nitrogen functional groups attached to an aromatic ring is 1. The van der Waals surface area contributed by atoms with E-state index in [4.69, 9.17) is 11.1 Å². The molecule has 0 spiro atoms. The Balaban J connectivity index is 2.37.